The number of methoxy groups -OCH3 is 1. The Morgan fingerprint density at radius 3 is 2.80 bits per heavy atom. The number of amides is 2. The van der Waals surface area contributed by atoms with Gasteiger partial charge in [-0.3, -0.25) is 0 Å². The molecule has 2 amide bonds. The molecule has 0 radical (unpaired) electrons. The third kappa shape index (κ3) is 3.84. The zero-order valence-corrected chi connectivity index (χ0v) is 14.4. The molecule has 2 aromatic carbocycles. The van der Waals surface area contributed by atoms with Crippen LogP contribution in [-0.4, -0.2) is 32.3 Å². The molecule has 0 aliphatic carbocycles. The van der Waals surface area contributed by atoms with Gasteiger partial charge in [0.1, 0.15) is 11.6 Å². The third-order valence-electron chi connectivity index (χ3n) is 4.41. The molecule has 3 rings (SSSR count). The summed E-state index contributed by atoms with van der Waals surface area (Å²) in [6.45, 7) is 3.27. The molecule has 2 aromatic rings. The van der Waals surface area contributed by atoms with Gasteiger partial charge in [-0.05, 0) is 37.1 Å². The average molecular weight is 343 g/mol. The van der Waals surface area contributed by atoms with Crippen LogP contribution in [-0.2, 0) is 0 Å². The molecule has 0 bridgehead atoms. The molecule has 0 spiro atoms. The minimum Gasteiger partial charge on any atom is -0.495 e. The molecule has 5 nitrogen and oxygen atoms in total. The number of nitrogens with zero attached hydrogens (tertiary/aromatic N) is 1. The first-order valence-corrected chi connectivity index (χ1v) is 8.29. The maximum absolute atomic E-state index is 13.8. The summed E-state index contributed by atoms with van der Waals surface area (Å²) in [5.74, 6) is 0.381. The van der Waals surface area contributed by atoms with Gasteiger partial charge in [-0.25, -0.2) is 9.18 Å². The highest BCUT2D eigenvalue weighted by Gasteiger charge is 2.26. The number of rotatable bonds is 4. The monoisotopic (exact) mass is 343 g/mol. The maximum Gasteiger partial charge on any atom is 0.319 e. The van der Waals surface area contributed by atoms with Crippen molar-refractivity contribution in [2.24, 2.45) is 0 Å². The van der Waals surface area contributed by atoms with Crippen molar-refractivity contribution in [2.75, 3.05) is 30.4 Å². The van der Waals surface area contributed by atoms with Gasteiger partial charge in [0.05, 0.1) is 18.5 Å². The van der Waals surface area contributed by atoms with Crippen molar-refractivity contribution in [3.63, 3.8) is 0 Å². The van der Waals surface area contributed by atoms with Crippen LogP contribution in [0.25, 0.3) is 0 Å². The number of carbonyl (C=O) groups is 1. The van der Waals surface area contributed by atoms with Crippen molar-refractivity contribution in [1.82, 2.24) is 5.32 Å². The van der Waals surface area contributed by atoms with Crippen LogP contribution < -0.4 is 20.3 Å². The molecule has 1 heterocycles. The van der Waals surface area contributed by atoms with Gasteiger partial charge in [0.15, 0.2) is 0 Å². The lowest BCUT2D eigenvalue weighted by Crippen LogP contribution is -2.40. The fourth-order valence-corrected chi connectivity index (χ4v) is 3.11. The van der Waals surface area contributed by atoms with Crippen molar-refractivity contribution >= 4 is 17.4 Å². The van der Waals surface area contributed by atoms with E-state index in [2.05, 4.69) is 15.5 Å². The van der Waals surface area contributed by atoms with Crippen molar-refractivity contribution in [1.29, 1.82) is 0 Å². The van der Waals surface area contributed by atoms with Crippen LogP contribution in [0.15, 0.2) is 42.5 Å². The second kappa shape index (κ2) is 7.42. The van der Waals surface area contributed by atoms with Crippen LogP contribution >= 0.6 is 0 Å². The van der Waals surface area contributed by atoms with Crippen molar-refractivity contribution in [3.8, 4) is 5.75 Å². The molecule has 0 saturated carbocycles. The lowest BCUT2D eigenvalue weighted by Gasteiger charge is -2.21. The second-order valence-electron chi connectivity index (χ2n) is 6.13. The number of hydrogen-bond donors (Lipinski definition) is 2. The zero-order chi connectivity index (χ0) is 17.8. The normalized spacial score (nSPS) is 16.6. The number of urea groups is 1. The third-order valence-corrected chi connectivity index (χ3v) is 4.41. The van der Waals surface area contributed by atoms with Crippen LogP contribution in [0.3, 0.4) is 0 Å². The summed E-state index contributed by atoms with van der Waals surface area (Å²) in [4.78, 5) is 14.4. The van der Waals surface area contributed by atoms with Gasteiger partial charge in [0.2, 0.25) is 0 Å². The maximum atomic E-state index is 13.8. The number of nitrogens with one attached hydrogen (secondary N) is 2. The van der Waals surface area contributed by atoms with Crippen molar-refractivity contribution in [2.45, 2.75) is 19.4 Å². The molecule has 0 unspecified atom stereocenters. The van der Waals surface area contributed by atoms with E-state index in [-0.39, 0.29) is 17.8 Å². The number of carbonyl (C=O) groups excluding carboxylic acids is 1. The summed E-state index contributed by atoms with van der Waals surface area (Å²) >= 11 is 0. The summed E-state index contributed by atoms with van der Waals surface area (Å²) in [5, 5.41) is 5.53. The summed E-state index contributed by atoms with van der Waals surface area (Å²) < 4.78 is 19.2. The summed E-state index contributed by atoms with van der Waals surface area (Å²) in [7, 11) is 1.65. The van der Waals surface area contributed by atoms with E-state index < -0.39 is 5.82 Å². The highest BCUT2D eigenvalue weighted by molar-refractivity contribution is 5.90. The summed E-state index contributed by atoms with van der Waals surface area (Å²) in [6, 6.07) is 12.1. The molecule has 1 saturated heterocycles. The molecule has 1 aliphatic rings. The Hall–Kier alpha value is -2.76. The van der Waals surface area contributed by atoms with E-state index in [4.69, 9.17) is 4.74 Å². The molecule has 1 fully saturated rings. The lowest BCUT2D eigenvalue weighted by atomic mass is 10.2. The van der Waals surface area contributed by atoms with E-state index in [1.807, 2.05) is 24.3 Å². The van der Waals surface area contributed by atoms with E-state index >= 15 is 0 Å². The first kappa shape index (κ1) is 17.1. The fraction of sp³-hybridized carbons (Fsp3) is 0.316. The molecule has 1 atom stereocenters. The van der Waals surface area contributed by atoms with Gasteiger partial charge in [-0.15, -0.1) is 0 Å². The lowest BCUT2D eigenvalue weighted by molar-refractivity contribution is 0.249. The van der Waals surface area contributed by atoms with Crippen LogP contribution in [0.2, 0.25) is 0 Å². The van der Waals surface area contributed by atoms with Gasteiger partial charge in [-0.2, -0.15) is 0 Å². The van der Waals surface area contributed by atoms with Crippen LogP contribution in [0.1, 0.15) is 12.0 Å². The minimum absolute atomic E-state index is 0.00279. The molecule has 132 valence electrons. The van der Waals surface area contributed by atoms with Gasteiger partial charge in [0.25, 0.3) is 0 Å². The number of hydrogen-bond acceptors (Lipinski definition) is 3. The van der Waals surface area contributed by atoms with Gasteiger partial charge in [0, 0.05) is 19.1 Å². The number of halogens is 1. The van der Waals surface area contributed by atoms with E-state index in [0.717, 1.165) is 24.4 Å². The predicted octanol–water partition coefficient (Wildman–Crippen LogP) is 3.54. The molecule has 25 heavy (non-hydrogen) atoms. The Labute approximate surface area is 146 Å². The standard InChI is InChI=1S/C19H22FN3O2/c1-13-6-5-7-15(20)18(13)22-19(24)21-14-10-11-23(12-14)16-8-3-4-9-17(16)25-2/h3-9,14H,10-12H2,1-2H3,(H2,21,22,24)/t14-/m1/s1. The van der Waals surface area contributed by atoms with Crippen molar-refractivity contribution < 1.29 is 13.9 Å². The predicted molar refractivity (Wildman–Crippen MR) is 96.9 cm³/mol. The molecule has 1 aliphatic heterocycles. The zero-order valence-electron chi connectivity index (χ0n) is 14.4. The van der Waals surface area contributed by atoms with E-state index in [1.165, 1.54) is 6.07 Å². The largest absolute Gasteiger partial charge is 0.495 e. The number of aryl methyl sites for hydroxylation is 1. The van der Waals surface area contributed by atoms with Gasteiger partial charge >= 0.3 is 6.03 Å². The molecule has 6 heteroatoms. The SMILES string of the molecule is COc1ccccc1N1CC[C@@H](NC(=O)Nc2c(C)cccc2F)C1. The molecule has 2 N–H and O–H groups in total. The fourth-order valence-electron chi connectivity index (χ4n) is 3.11. The Morgan fingerprint density at radius 2 is 2.04 bits per heavy atom. The van der Waals surface area contributed by atoms with Crippen LogP contribution in [0, 0.1) is 12.7 Å². The topological polar surface area (TPSA) is 53.6 Å². The Bertz CT molecular complexity index is 746. The number of benzene rings is 2. The Morgan fingerprint density at radius 1 is 1.24 bits per heavy atom. The average Bonchev–Trinajstić information content (AvgIpc) is 3.06. The highest BCUT2D eigenvalue weighted by Crippen LogP contribution is 2.30. The number of ether oxygens (including phenoxy) is 1. The van der Waals surface area contributed by atoms with Crippen LogP contribution in [0.5, 0.6) is 5.75 Å². The molecule has 0 aromatic heterocycles. The first-order chi connectivity index (χ1) is 12.1. The van der Waals surface area contributed by atoms with Gasteiger partial charge < -0.3 is 20.3 Å². The van der Waals surface area contributed by atoms with Crippen molar-refractivity contribution in [3.05, 3.63) is 53.8 Å². The van der Waals surface area contributed by atoms with Crippen LogP contribution in [0.4, 0.5) is 20.6 Å². The van der Waals surface area contributed by atoms with E-state index in [1.54, 1.807) is 26.2 Å². The minimum atomic E-state index is -0.433. The first-order valence-electron chi connectivity index (χ1n) is 8.29. The Balaban J connectivity index is 1.60. The number of anilines is 2. The Kier molecular flexibility index (Phi) is 5.07. The van der Waals surface area contributed by atoms with E-state index in [9.17, 15) is 9.18 Å². The summed E-state index contributed by atoms with van der Waals surface area (Å²) in [6.07, 6.45) is 0.821. The smallest absolute Gasteiger partial charge is 0.319 e. The summed E-state index contributed by atoms with van der Waals surface area (Å²) in [5.41, 5.74) is 1.93. The molecular weight excluding hydrogens is 321 g/mol. The van der Waals surface area contributed by atoms with Gasteiger partial charge in [-0.1, -0.05) is 24.3 Å². The van der Waals surface area contributed by atoms with E-state index in [0.29, 0.717) is 12.1 Å². The highest BCUT2D eigenvalue weighted by atomic mass is 19.1. The molecular formula is C19H22FN3O2. The quantitative estimate of drug-likeness (QED) is 0.893. The number of para-hydroxylation sites is 3. The second-order valence-corrected chi connectivity index (χ2v) is 6.13.